The number of rotatable bonds is 4. The predicted molar refractivity (Wildman–Crippen MR) is 76.7 cm³/mol. The number of nitrogens with zero attached hydrogens (tertiary/aromatic N) is 2. The van der Waals surface area contributed by atoms with E-state index in [2.05, 4.69) is 5.32 Å². The number of nitro benzene ring substituents is 1. The van der Waals surface area contributed by atoms with Crippen LogP contribution in [0.3, 0.4) is 0 Å². The van der Waals surface area contributed by atoms with Crippen LogP contribution in [0.1, 0.15) is 25.3 Å². The smallest absolute Gasteiger partial charge is 0.272 e. The highest BCUT2D eigenvalue weighted by Gasteiger charge is 2.25. The van der Waals surface area contributed by atoms with Gasteiger partial charge in [0.15, 0.2) is 0 Å². The van der Waals surface area contributed by atoms with Gasteiger partial charge in [0.1, 0.15) is 0 Å². The summed E-state index contributed by atoms with van der Waals surface area (Å²) in [6.07, 6.45) is 1.44. The number of anilines is 1. The second kappa shape index (κ2) is 5.90. The Morgan fingerprint density at radius 1 is 1.55 bits per heavy atom. The number of hydrogen-bond acceptors (Lipinski definition) is 4. The monoisotopic (exact) mass is 277 g/mol. The molecule has 1 aliphatic heterocycles. The molecule has 0 saturated carbocycles. The van der Waals surface area contributed by atoms with Crippen molar-refractivity contribution in [1.82, 2.24) is 4.90 Å². The van der Waals surface area contributed by atoms with Gasteiger partial charge in [-0.15, -0.1) is 0 Å². The van der Waals surface area contributed by atoms with Crippen LogP contribution in [0.15, 0.2) is 18.2 Å². The number of benzene rings is 1. The van der Waals surface area contributed by atoms with E-state index in [-0.39, 0.29) is 22.6 Å². The van der Waals surface area contributed by atoms with Gasteiger partial charge in [-0.3, -0.25) is 14.9 Å². The molecule has 1 aromatic rings. The SMILES string of the molecule is CCC(=O)N1CCC(Nc2ccc([N+](=O)[O-])c(C)c2)C1. The third-order valence-electron chi connectivity index (χ3n) is 3.61. The van der Waals surface area contributed by atoms with E-state index in [1.165, 1.54) is 6.07 Å². The molecular formula is C14H19N3O3. The van der Waals surface area contributed by atoms with Gasteiger partial charge in [-0.2, -0.15) is 0 Å². The quantitative estimate of drug-likeness (QED) is 0.677. The van der Waals surface area contributed by atoms with Crippen molar-refractivity contribution in [1.29, 1.82) is 0 Å². The molecule has 1 heterocycles. The summed E-state index contributed by atoms with van der Waals surface area (Å²) < 4.78 is 0. The van der Waals surface area contributed by atoms with Crippen molar-refractivity contribution in [3.05, 3.63) is 33.9 Å². The van der Waals surface area contributed by atoms with Gasteiger partial charge in [0, 0.05) is 42.9 Å². The molecule has 6 nitrogen and oxygen atoms in total. The van der Waals surface area contributed by atoms with E-state index in [9.17, 15) is 14.9 Å². The summed E-state index contributed by atoms with van der Waals surface area (Å²) >= 11 is 0. The molecule has 20 heavy (non-hydrogen) atoms. The van der Waals surface area contributed by atoms with Crippen LogP contribution in [0.4, 0.5) is 11.4 Å². The predicted octanol–water partition coefficient (Wildman–Crippen LogP) is 2.33. The van der Waals surface area contributed by atoms with Gasteiger partial charge in [0.05, 0.1) is 4.92 Å². The molecule has 1 amide bonds. The van der Waals surface area contributed by atoms with E-state index in [0.717, 1.165) is 18.7 Å². The minimum absolute atomic E-state index is 0.129. The van der Waals surface area contributed by atoms with Gasteiger partial charge >= 0.3 is 0 Å². The van der Waals surface area contributed by atoms with Crippen molar-refractivity contribution in [3.63, 3.8) is 0 Å². The zero-order chi connectivity index (χ0) is 14.7. The summed E-state index contributed by atoms with van der Waals surface area (Å²) in [6, 6.07) is 5.23. The minimum Gasteiger partial charge on any atom is -0.380 e. The Bertz CT molecular complexity index is 530. The number of carbonyl (C=O) groups excluding carboxylic acids is 1. The van der Waals surface area contributed by atoms with Crippen molar-refractivity contribution in [2.45, 2.75) is 32.7 Å². The van der Waals surface area contributed by atoms with Crippen LogP contribution in [-0.2, 0) is 4.79 Å². The summed E-state index contributed by atoms with van der Waals surface area (Å²) in [7, 11) is 0. The maximum absolute atomic E-state index is 11.6. The molecule has 1 fully saturated rings. The number of amides is 1. The molecule has 1 aliphatic rings. The second-order valence-electron chi connectivity index (χ2n) is 5.08. The molecule has 2 rings (SSSR count). The van der Waals surface area contributed by atoms with Gasteiger partial charge in [-0.1, -0.05) is 6.92 Å². The normalized spacial score (nSPS) is 18.1. The molecule has 1 aromatic carbocycles. The van der Waals surface area contributed by atoms with E-state index in [0.29, 0.717) is 18.5 Å². The van der Waals surface area contributed by atoms with Gasteiger partial charge in [0.25, 0.3) is 5.69 Å². The lowest BCUT2D eigenvalue weighted by atomic mass is 10.1. The number of carbonyl (C=O) groups is 1. The standard InChI is InChI=1S/C14H19N3O3/c1-3-14(18)16-7-6-12(9-16)15-11-4-5-13(17(19)20)10(2)8-11/h4-5,8,12,15H,3,6-7,9H2,1-2H3. The molecule has 6 heteroatoms. The summed E-state index contributed by atoms with van der Waals surface area (Å²) in [5, 5.41) is 14.1. The van der Waals surface area contributed by atoms with E-state index < -0.39 is 0 Å². The Morgan fingerprint density at radius 3 is 2.90 bits per heavy atom. The van der Waals surface area contributed by atoms with Crippen molar-refractivity contribution < 1.29 is 9.72 Å². The molecule has 108 valence electrons. The third kappa shape index (κ3) is 3.07. The molecule has 1 saturated heterocycles. The average Bonchev–Trinajstić information content (AvgIpc) is 2.86. The van der Waals surface area contributed by atoms with Crippen molar-refractivity contribution in [2.24, 2.45) is 0 Å². The number of nitrogens with one attached hydrogen (secondary N) is 1. The number of nitro groups is 1. The molecule has 1 atom stereocenters. The molecule has 0 bridgehead atoms. The van der Waals surface area contributed by atoms with Crippen LogP contribution in [0.25, 0.3) is 0 Å². The Labute approximate surface area is 117 Å². The highest BCUT2D eigenvalue weighted by Crippen LogP contribution is 2.23. The van der Waals surface area contributed by atoms with Gasteiger partial charge in [-0.25, -0.2) is 0 Å². The Morgan fingerprint density at radius 2 is 2.30 bits per heavy atom. The van der Waals surface area contributed by atoms with Crippen LogP contribution < -0.4 is 5.32 Å². The van der Waals surface area contributed by atoms with E-state index >= 15 is 0 Å². The largest absolute Gasteiger partial charge is 0.380 e. The Balaban J connectivity index is 2.00. The molecule has 0 aliphatic carbocycles. The first-order chi connectivity index (χ1) is 9.51. The summed E-state index contributed by atoms with van der Waals surface area (Å²) in [5.41, 5.74) is 1.63. The summed E-state index contributed by atoms with van der Waals surface area (Å²) in [6.45, 7) is 5.06. The average molecular weight is 277 g/mol. The maximum Gasteiger partial charge on any atom is 0.272 e. The van der Waals surface area contributed by atoms with Crippen LogP contribution in [0.2, 0.25) is 0 Å². The number of aryl methyl sites for hydroxylation is 1. The second-order valence-corrected chi connectivity index (χ2v) is 5.08. The lowest BCUT2D eigenvalue weighted by molar-refractivity contribution is -0.385. The zero-order valence-electron chi connectivity index (χ0n) is 11.8. The van der Waals surface area contributed by atoms with Crippen LogP contribution in [0.5, 0.6) is 0 Å². The lowest BCUT2D eigenvalue weighted by Gasteiger charge is -2.17. The van der Waals surface area contributed by atoms with Crippen molar-refractivity contribution in [2.75, 3.05) is 18.4 Å². The van der Waals surface area contributed by atoms with Crippen LogP contribution in [0, 0.1) is 17.0 Å². The maximum atomic E-state index is 11.6. The number of likely N-dealkylation sites (tertiary alicyclic amines) is 1. The first-order valence-electron chi connectivity index (χ1n) is 6.80. The molecule has 1 N–H and O–H groups in total. The number of hydrogen-bond donors (Lipinski definition) is 1. The third-order valence-corrected chi connectivity index (χ3v) is 3.61. The van der Waals surface area contributed by atoms with Crippen molar-refractivity contribution in [3.8, 4) is 0 Å². The van der Waals surface area contributed by atoms with Crippen molar-refractivity contribution >= 4 is 17.3 Å². The van der Waals surface area contributed by atoms with E-state index in [4.69, 9.17) is 0 Å². The Hall–Kier alpha value is -2.11. The minimum atomic E-state index is -0.379. The fourth-order valence-electron chi connectivity index (χ4n) is 2.51. The molecule has 0 spiro atoms. The highest BCUT2D eigenvalue weighted by atomic mass is 16.6. The fraction of sp³-hybridized carbons (Fsp3) is 0.500. The molecule has 0 aromatic heterocycles. The van der Waals surface area contributed by atoms with Gasteiger partial charge in [0.2, 0.25) is 5.91 Å². The fourth-order valence-corrected chi connectivity index (χ4v) is 2.51. The summed E-state index contributed by atoms with van der Waals surface area (Å²) in [4.78, 5) is 23.9. The lowest BCUT2D eigenvalue weighted by Crippen LogP contribution is -2.30. The van der Waals surface area contributed by atoms with Gasteiger partial charge in [-0.05, 0) is 25.5 Å². The zero-order valence-corrected chi connectivity index (χ0v) is 11.8. The highest BCUT2D eigenvalue weighted by molar-refractivity contribution is 5.76. The molecular weight excluding hydrogens is 258 g/mol. The van der Waals surface area contributed by atoms with Crippen LogP contribution in [-0.4, -0.2) is 34.9 Å². The van der Waals surface area contributed by atoms with E-state index in [1.54, 1.807) is 19.1 Å². The first-order valence-corrected chi connectivity index (χ1v) is 6.80. The van der Waals surface area contributed by atoms with E-state index in [1.807, 2.05) is 11.8 Å². The molecule has 1 unspecified atom stereocenters. The topological polar surface area (TPSA) is 75.5 Å². The first kappa shape index (κ1) is 14.3. The van der Waals surface area contributed by atoms with Crippen LogP contribution >= 0.6 is 0 Å². The Kier molecular flexibility index (Phi) is 4.22. The van der Waals surface area contributed by atoms with Gasteiger partial charge < -0.3 is 10.2 Å². The molecule has 0 radical (unpaired) electrons. The summed E-state index contributed by atoms with van der Waals surface area (Å²) in [5.74, 6) is 0.175.